The molecule has 0 fully saturated rings. The lowest BCUT2D eigenvalue weighted by Gasteiger charge is -2.25. The molecule has 128 valence electrons. The van der Waals surface area contributed by atoms with Crippen LogP contribution in [-0.4, -0.2) is 28.0 Å². The smallest absolute Gasteiger partial charge is 0.271 e. The Morgan fingerprint density at radius 3 is 2.64 bits per heavy atom. The van der Waals surface area contributed by atoms with Crippen molar-refractivity contribution in [2.24, 2.45) is 0 Å². The Kier molecular flexibility index (Phi) is 4.22. The summed E-state index contributed by atoms with van der Waals surface area (Å²) in [5.74, 6) is 0.186. The first-order valence-corrected chi connectivity index (χ1v) is 7.76. The van der Waals surface area contributed by atoms with Gasteiger partial charge in [0.2, 0.25) is 5.95 Å². The molecule has 7 heteroatoms. The van der Waals surface area contributed by atoms with Gasteiger partial charge < -0.3 is 15.8 Å². The number of fused-ring (bicyclic) bond motifs is 1. The van der Waals surface area contributed by atoms with Gasteiger partial charge in [-0.25, -0.2) is 9.97 Å². The number of hydrogen-bond acceptors (Lipinski definition) is 6. The molecule has 3 rings (SSSR count). The Labute approximate surface area is 145 Å². The van der Waals surface area contributed by atoms with E-state index in [9.17, 15) is 4.79 Å². The maximum Gasteiger partial charge on any atom is 0.271 e. The van der Waals surface area contributed by atoms with Gasteiger partial charge in [-0.15, -0.1) is 0 Å². The van der Waals surface area contributed by atoms with Crippen LogP contribution in [0.1, 0.15) is 30.0 Å². The van der Waals surface area contributed by atoms with Crippen LogP contribution in [0.25, 0.3) is 10.9 Å². The van der Waals surface area contributed by atoms with E-state index in [0.29, 0.717) is 16.7 Å². The highest BCUT2D eigenvalue weighted by atomic mass is 16.5. The summed E-state index contributed by atoms with van der Waals surface area (Å²) in [5.41, 5.74) is 6.55. The molecule has 3 N–H and O–H groups in total. The van der Waals surface area contributed by atoms with E-state index in [-0.39, 0.29) is 17.5 Å². The third-order valence-electron chi connectivity index (χ3n) is 3.87. The molecule has 0 aliphatic rings. The monoisotopic (exact) mass is 337 g/mol. The van der Waals surface area contributed by atoms with Gasteiger partial charge in [0.25, 0.3) is 5.91 Å². The molecule has 0 aliphatic carbocycles. The standard InChI is InChI=1S/C18H19N5O2/c1-18(2,13-9-4-5-10-20-13)23-16(24)15-11-7-6-8-12(25-3)14(11)21-17(19)22-15/h4-10H,1-3H3,(H,23,24)(H2,19,21,22). The van der Waals surface area contributed by atoms with Crippen LogP contribution in [0.2, 0.25) is 0 Å². The molecule has 0 aliphatic heterocycles. The van der Waals surface area contributed by atoms with E-state index in [1.807, 2.05) is 32.0 Å². The van der Waals surface area contributed by atoms with Gasteiger partial charge >= 0.3 is 0 Å². The Hall–Kier alpha value is -3.22. The predicted octanol–water partition coefficient (Wildman–Crippen LogP) is 2.28. The van der Waals surface area contributed by atoms with E-state index < -0.39 is 5.54 Å². The Morgan fingerprint density at radius 2 is 1.96 bits per heavy atom. The summed E-state index contributed by atoms with van der Waals surface area (Å²) < 4.78 is 5.30. The number of methoxy groups -OCH3 is 1. The fourth-order valence-electron chi connectivity index (χ4n) is 2.62. The van der Waals surface area contributed by atoms with Crippen LogP contribution in [0.4, 0.5) is 5.95 Å². The molecule has 0 unspecified atom stereocenters. The quantitative estimate of drug-likeness (QED) is 0.757. The molecule has 0 bridgehead atoms. The summed E-state index contributed by atoms with van der Waals surface area (Å²) in [6.45, 7) is 3.75. The van der Waals surface area contributed by atoms with Crippen molar-refractivity contribution >= 4 is 22.8 Å². The minimum atomic E-state index is -0.677. The van der Waals surface area contributed by atoms with Crippen molar-refractivity contribution < 1.29 is 9.53 Å². The molecule has 3 aromatic rings. The van der Waals surface area contributed by atoms with E-state index in [4.69, 9.17) is 10.5 Å². The largest absolute Gasteiger partial charge is 0.494 e. The average Bonchev–Trinajstić information content (AvgIpc) is 2.61. The average molecular weight is 337 g/mol. The molecule has 0 saturated carbocycles. The van der Waals surface area contributed by atoms with Crippen molar-refractivity contribution in [2.45, 2.75) is 19.4 Å². The van der Waals surface area contributed by atoms with Crippen LogP contribution in [0.3, 0.4) is 0 Å². The molecule has 0 saturated heterocycles. The van der Waals surface area contributed by atoms with Crippen molar-refractivity contribution in [1.82, 2.24) is 20.3 Å². The number of ether oxygens (including phenoxy) is 1. The van der Waals surface area contributed by atoms with Crippen molar-refractivity contribution in [2.75, 3.05) is 12.8 Å². The highest BCUT2D eigenvalue weighted by Gasteiger charge is 2.27. The summed E-state index contributed by atoms with van der Waals surface area (Å²) in [6, 6.07) is 10.9. The molecule has 0 radical (unpaired) electrons. The van der Waals surface area contributed by atoms with Crippen molar-refractivity contribution in [3.05, 3.63) is 54.0 Å². The van der Waals surface area contributed by atoms with Gasteiger partial charge in [0.05, 0.1) is 18.3 Å². The second kappa shape index (κ2) is 6.35. The van der Waals surface area contributed by atoms with Crippen LogP contribution >= 0.6 is 0 Å². The SMILES string of the molecule is COc1cccc2c(C(=O)NC(C)(C)c3ccccn3)nc(N)nc12. The van der Waals surface area contributed by atoms with E-state index >= 15 is 0 Å². The fraction of sp³-hybridized carbons (Fsp3) is 0.222. The van der Waals surface area contributed by atoms with Gasteiger partial charge in [0, 0.05) is 11.6 Å². The molecule has 1 amide bonds. The van der Waals surface area contributed by atoms with Gasteiger partial charge in [0.15, 0.2) is 0 Å². The number of nitrogens with one attached hydrogen (secondary N) is 1. The van der Waals surface area contributed by atoms with Gasteiger partial charge in [-0.05, 0) is 32.0 Å². The van der Waals surface area contributed by atoms with Crippen molar-refractivity contribution in [3.63, 3.8) is 0 Å². The number of carbonyl (C=O) groups excluding carboxylic acids is 1. The zero-order valence-corrected chi connectivity index (χ0v) is 14.3. The lowest BCUT2D eigenvalue weighted by Crippen LogP contribution is -2.42. The molecule has 2 aromatic heterocycles. The minimum Gasteiger partial charge on any atom is -0.494 e. The predicted molar refractivity (Wildman–Crippen MR) is 95.2 cm³/mol. The molecule has 2 heterocycles. The number of carbonyl (C=O) groups is 1. The third-order valence-corrected chi connectivity index (χ3v) is 3.87. The van der Waals surface area contributed by atoms with Crippen LogP contribution in [0.15, 0.2) is 42.6 Å². The minimum absolute atomic E-state index is 0.0118. The lowest BCUT2D eigenvalue weighted by atomic mass is 9.99. The molecule has 7 nitrogen and oxygen atoms in total. The second-order valence-corrected chi connectivity index (χ2v) is 6.08. The lowest BCUT2D eigenvalue weighted by molar-refractivity contribution is 0.0907. The first-order valence-electron chi connectivity index (χ1n) is 7.76. The summed E-state index contributed by atoms with van der Waals surface area (Å²) in [5, 5.41) is 3.53. The highest BCUT2D eigenvalue weighted by molar-refractivity contribution is 6.06. The Balaban J connectivity index is 2.03. The number of anilines is 1. The van der Waals surface area contributed by atoms with E-state index in [0.717, 1.165) is 5.69 Å². The highest BCUT2D eigenvalue weighted by Crippen LogP contribution is 2.27. The normalized spacial score (nSPS) is 11.3. The summed E-state index contributed by atoms with van der Waals surface area (Å²) in [7, 11) is 1.54. The van der Waals surface area contributed by atoms with Crippen LogP contribution < -0.4 is 15.8 Å². The van der Waals surface area contributed by atoms with Crippen LogP contribution in [0, 0.1) is 0 Å². The molecular formula is C18H19N5O2. The van der Waals surface area contributed by atoms with E-state index in [1.54, 1.807) is 24.4 Å². The number of hydrogen-bond donors (Lipinski definition) is 2. The number of rotatable bonds is 4. The number of amides is 1. The number of pyridine rings is 1. The number of aromatic nitrogens is 3. The van der Waals surface area contributed by atoms with Gasteiger partial charge in [-0.2, -0.15) is 0 Å². The molecule has 1 aromatic carbocycles. The number of nitrogen functional groups attached to an aromatic ring is 1. The van der Waals surface area contributed by atoms with Crippen molar-refractivity contribution in [3.8, 4) is 5.75 Å². The van der Waals surface area contributed by atoms with Crippen LogP contribution in [0.5, 0.6) is 5.75 Å². The topological polar surface area (TPSA) is 103 Å². The number of para-hydroxylation sites is 1. The van der Waals surface area contributed by atoms with Gasteiger partial charge in [-0.3, -0.25) is 9.78 Å². The number of nitrogens with two attached hydrogens (primary N) is 1. The third kappa shape index (κ3) is 3.21. The van der Waals surface area contributed by atoms with E-state index in [1.165, 1.54) is 7.11 Å². The summed E-state index contributed by atoms with van der Waals surface area (Å²) >= 11 is 0. The molecule has 0 atom stereocenters. The summed E-state index contributed by atoms with van der Waals surface area (Å²) in [4.78, 5) is 25.5. The Bertz CT molecular complexity index is 925. The number of nitrogens with zero attached hydrogens (tertiary/aromatic N) is 3. The van der Waals surface area contributed by atoms with Gasteiger partial charge in [-0.1, -0.05) is 18.2 Å². The molecular weight excluding hydrogens is 318 g/mol. The molecule has 0 spiro atoms. The Morgan fingerprint density at radius 1 is 1.16 bits per heavy atom. The van der Waals surface area contributed by atoms with Crippen LogP contribution in [-0.2, 0) is 5.54 Å². The van der Waals surface area contributed by atoms with Gasteiger partial charge in [0.1, 0.15) is 17.0 Å². The maximum atomic E-state index is 12.9. The maximum absolute atomic E-state index is 12.9. The fourth-order valence-corrected chi connectivity index (χ4v) is 2.62. The van der Waals surface area contributed by atoms with Crippen molar-refractivity contribution in [1.29, 1.82) is 0 Å². The zero-order valence-electron chi connectivity index (χ0n) is 14.3. The first kappa shape index (κ1) is 16.6. The second-order valence-electron chi connectivity index (χ2n) is 6.08. The van der Waals surface area contributed by atoms with E-state index in [2.05, 4.69) is 20.3 Å². The number of benzene rings is 1. The first-order chi connectivity index (χ1) is 11.9. The summed E-state index contributed by atoms with van der Waals surface area (Å²) in [6.07, 6.45) is 1.69. The molecule has 25 heavy (non-hydrogen) atoms. The zero-order chi connectivity index (χ0) is 18.0.